The van der Waals surface area contributed by atoms with Gasteiger partial charge < -0.3 is 14.2 Å². The van der Waals surface area contributed by atoms with E-state index in [0.29, 0.717) is 11.5 Å². The van der Waals surface area contributed by atoms with Crippen molar-refractivity contribution in [2.45, 2.75) is 138 Å². The van der Waals surface area contributed by atoms with Gasteiger partial charge in [0.2, 0.25) is 0 Å². The molecule has 3 rings (SSSR count). The summed E-state index contributed by atoms with van der Waals surface area (Å²) in [7, 11) is 0. The fourth-order valence-corrected chi connectivity index (χ4v) is 6.30. The smallest absolute Gasteiger partial charge is 0.286 e. The number of hydrogen-bond acceptors (Lipinski definition) is 5. The first-order valence-corrected chi connectivity index (χ1v) is 21.1. The fraction of sp³-hybridized carbons (Fsp3) is 0.565. The van der Waals surface area contributed by atoms with Crippen LogP contribution in [-0.4, -0.2) is 43.8 Å². The van der Waals surface area contributed by atoms with E-state index in [2.05, 4.69) is 96.9 Å². The van der Waals surface area contributed by atoms with Gasteiger partial charge in [0.25, 0.3) is 11.8 Å². The molecule has 9 heteroatoms. The van der Waals surface area contributed by atoms with Crippen LogP contribution in [0, 0.1) is 22.7 Å². The van der Waals surface area contributed by atoms with E-state index in [-0.39, 0.29) is 62.6 Å². The maximum Gasteiger partial charge on any atom is 0.286 e. The Morgan fingerprint density at radius 3 is 1.20 bits per heavy atom. The largest absolute Gasteiger partial charge is 0.377 e. The third-order valence-electron chi connectivity index (χ3n) is 12.9. The molecule has 0 saturated heterocycles. The molecule has 3 unspecified atom stereocenters. The Morgan fingerprint density at radius 1 is 0.600 bits per heavy atom. The zero-order chi connectivity index (χ0) is 41.5. The van der Waals surface area contributed by atoms with Crippen LogP contribution in [0.5, 0.6) is 11.5 Å². The van der Waals surface area contributed by atoms with Crippen molar-refractivity contribution in [3.8, 4) is 11.5 Å². The van der Waals surface area contributed by atoms with Gasteiger partial charge in [-0.1, -0.05) is 134 Å². The Bertz CT molecular complexity index is 1640. The minimum absolute atomic E-state index is 0.0197. The predicted octanol–water partition coefficient (Wildman–Crippen LogP) is 11.7. The van der Waals surface area contributed by atoms with Crippen LogP contribution in [0.1, 0.15) is 154 Å². The van der Waals surface area contributed by atoms with E-state index in [1.165, 1.54) is 28.3 Å². The summed E-state index contributed by atoms with van der Waals surface area (Å²) in [6, 6.07) is 19.7. The summed E-state index contributed by atoms with van der Waals surface area (Å²) in [5.41, 5.74) is 2.16. The van der Waals surface area contributed by atoms with Gasteiger partial charge in [0, 0.05) is 11.1 Å². The molecule has 0 radical (unpaired) electrons. The molecule has 55 heavy (non-hydrogen) atoms. The van der Waals surface area contributed by atoms with Gasteiger partial charge in [-0.25, -0.2) is 4.21 Å². The van der Waals surface area contributed by atoms with E-state index in [9.17, 15) is 18.4 Å². The molecule has 3 aromatic carbocycles. The molecule has 0 aliphatic rings. The average molecular weight is 777 g/mol. The summed E-state index contributed by atoms with van der Waals surface area (Å²) in [5.74, 6) is -0.0243. The zero-order valence-electron chi connectivity index (χ0n) is 36.0. The highest BCUT2D eigenvalue weighted by Gasteiger charge is 2.33. The fourth-order valence-electron chi connectivity index (χ4n) is 5.84. The van der Waals surface area contributed by atoms with Gasteiger partial charge >= 0.3 is 0 Å². The van der Waals surface area contributed by atoms with Crippen LogP contribution < -0.4 is 9.68 Å². The first-order chi connectivity index (χ1) is 25.5. The van der Waals surface area contributed by atoms with Crippen molar-refractivity contribution in [1.29, 1.82) is 0 Å². The molecule has 8 nitrogen and oxygen atoms in total. The van der Waals surface area contributed by atoms with E-state index < -0.39 is 22.9 Å². The first-order valence-electron chi connectivity index (χ1n) is 20.0. The summed E-state index contributed by atoms with van der Waals surface area (Å²) >= 11 is -2.49. The molecule has 3 atom stereocenters. The molecular formula is C46H68N2O6S. The van der Waals surface area contributed by atoms with Crippen molar-refractivity contribution in [2.75, 3.05) is 13.1 Å². The summed E-state index contributed by atoms with van der Waals surface area (Å²) in [6.45, 7) is 30.6. The summed E-state index contributed by atoms with van der Waals surface area (Å²) in [5, 5.41) is 2.63. The van der Waals surface area contributed by atoms with Gasteiger partial charge in [-0.2, -0.15) is 10.1 Å². The average Bonchev–Trinajstić information content (AvgIpc) is 3.16. The normalized spacial score (nSPS) is 14.2. The lowest BCUT2D eigenvalue weighted by molar-refractivity contribution is -0.0523. The number of carbonyl (C=O) groups is 2. The summed E-state index contributed by atoms with van der Waals surface area (Å²) in [6.07, 6.45) is 3.70. The van der Waals surface area contributed by atoms with Crippen molar-refractivity contribution in [3.63, 3.8) is 0 Å². The Kier molecular flexibility index (Phi) is 15.4. The van der Waals surface area contributed by atoms with E-state index in [0.717, 1.165) is 36.8 Å². The number of rotatable bonds is 19. The summed E-state index contributed by atoms with van der Waals surface area (Å²) < 4.78 is 23.0. The second-order valence-corrected chi connectivity index (χ2v) is 18.9. The Balaban J connectivity index is 2.10. The van der Waals surface area contributed by atoms with E-state index >= 15 is 0 Å². The lowest BCUT2D eigenvalue weighted by Crippen LogP contribution is -2.42. The van der Waals surface area contributed by atoms with Crippen LogP contribution in [0.2, 0.25) is 0 Å². The van der Waals surface area contributed by atoms with Crippen molar-refractivity contribution >= 4 is 22.9 Å². The second kappa shape index (κ2) is 18.5. The maximum absolute atomic E-state index is 14.5. The number of amides is 2. The van der Waals surface area contributed by atoms with Gasteiger partial charge in [-0.05, 0) is 99.9 Å². The number of carbonyl (C=O) groups excluding carboxylic acids is 2. The van der Waals surface area contributed by atoms with E-state index in [1.54, 1.807) is 0 Å². The number of benzene rings is 3. The molecule has 0 heterocycles. The number of hydrogen-bond donors (Lipinski definition) is 1. The molecule has 2 amide bonds. The molecule has 0 aromatic heterocycles. The van der Waals surface area contributed by atoms with Gasteiger partial charge in [0.05, 0.1) is 18.0 Å². The van der Waals surface area contributed by atoms with Crippen molar-refractivity contribution in [1.82, 2.24) is 10.1 Å². The van der Waals surface area contributed by atoms with Crippen LogP contribution in [-0.2, 0) is 21.9 Å². The van der Waals surface area contributed by atoms with Gasteiger partial charge in [0.1, 0.15) is 0 Å². The van der Waals surface area contributed by atoms with Crippen LogP contribution in [0.4, 0.5) is 0 Å². The Labute approximate surface area is 334 Å². The van der Waals surface area contributed by atoms with E-state index in [4.69, 9.17) is 9.68 Å². The van der Waals surface area contributed by atoms with Crippen molar-refractivity contribution < 1.29 is 28.0 Å². The van der Waals surface area contributed by atoms with Crippen molar-refractivity contribution in [3.05, 3.63) is 89.0 Å². The quantitative estimate of drug-likeness (QED) is 0.0962. The topological polar surface area (TPSA) is 96.4 Å². The van der Waals surface area contributed by atoms with Gasteiger partial charge in [0.15, 0.2) is 22.6 Å². The van der Waals surface area contributed by atoms with Crippen molar-refractivity contribution in [2.24, 2.45) is 22.7 Å². The molecule has 0 bridgehead atoms. The standard InChI is InChI=1S/C46H68N2O6S/c1-15-43(7,8)32(5)30-47(53-38-23-19-36(20-24-38)45(11,12)17-3)41(49)34-27-35(29-40(28-34)55(51)52)42(50)48(31-33(6)44(9,10)16-2)54-39-25-21-37(22-26-39)46(13,14)18-4/h19-29,32-33H,15-18,30-31H2,1-14H3,(H,51,52). The van der Waals surface area contributed by atoms with E-state index in [1.807, 2.05) is 48.5 Å². The monoisotopic (exact) mass is 776 g/mol. The molecular weight excluding hydrogens is 709 g/mol. The van der Waals surface area contributed by atoms with Crippen LogP contribution >= 0.6 is 0 Å². The number of hydroxylamine groups is 4. The molecule has 0 fully saturated rings. The molecule has 0 aliphatic carbocycles. The third kappa shape index (κ3) is 11.7. The second-order valence-electron chi connectivity index (χ2n) is 17.9. The third-order valence-corrected chi connectivity index (χ3v) is 13.5. The highest BCUT2D eigenvalue weighted by Crippen LogP contribution is 2.35. The highest BCUT2D eigenvalue weighted by atomic mass is 32.2. The predicted molar refractivity (Wildman–Crippen MR) is 225 cm³/mol. The molecule has 304 valence electrons. The molecule has 0 saturated carbocycles. The van der Waals surface area contributed by atoms with Crippen LogP contribution in [0.3, 0.4) is 0 Å². The lowest BCUT2D eigenvalue weighted by Gasteiger charge is -2.35. The summed E-state index contributed by atoms with van der Waals surface area (Å²) in [4.78, 5) is 41.7. The first kappa shape index (κ1) is 45.7. The van der Waals surface area contributed by atoms with Gasteiger partial charge in [-0.15, -0.1) is 0 Å². The molecule has 0 aliphatic heterocycles. The molecule has 1 N–H and O–H groups in total. The molecule has 0 spiro atoms. The SMILES string of the molecule is CCC(C)(C)c1ccc(ON(CC(C)C(C)(C)CC)C(=O)c2cc(C(=O)N(CC(C)C(C)(C)CC)Oc3ccc(C(C)(C)CC)cc3)cc(S(=O)O)c2)cc1. The Hall–Kier alpha value is -3.69. The minimum atomic E-state index is -2.49. The highest BCUT2D eigenvalue weighted by molar-refractivity contribution is 7.79. The number of nitrogens with zero attached hydrogens (tertiary/aromatic N) is 2. The van der Waals surface area contributed by atoms with Gasteiger partial charge in [-0.3, -0.25) is 9.59 Å². The van der Waals surface area contributed by atoms with Crippen LogP contribution in [0.15, 0.2) is 71.6 Å². The minimum Gasteiger partial charge on any atom is -0.377 e. The zero-order valence-corrected chi connectivity index (χ0v) is 36.9. The Morgan fingerprint density at radius 2 is 0.927 bits per heavy atom. The maximum atomic E-state index is 14.5. The van der Waals surface area contributed by atoms with Crippen LogP contribution in [0.25, 0.3) is 0 Å². The molecule has 3 aromatic rings. The lowest BCUT2D eigenvalue weighted by atomic mass is 9.77.